The van der Waals surface area contributed by atoms with Gasteiger partial charge in [0.15, 0.2) is 11.4 Å². The Hall–Kier alpha value is -3.91. The Labute approximate surface area is 209 Å². The van der Waals surface area contributed by atoms with Crippen LogP contribution < -0.4 is 5.43 Å². The Bertz CT molecular complexity index is 1490. The fraction of sp³-hybridized carbons (Fsp3) is 0.321. The first-order valence-corrected chi connectivity index (χ1v) is 12.2. The molecule has 0 saturated heterocycles. The molecule has 0 spiro atoms. The molecule has 3 heterocycles. The van der Waals surface area contributed by atoms with Crippen molar-refractivity contribution in [2.45, 2.75) is 51.9 Å². The third-order valence-electron chi connectivity index (χ3n) is 7.15. The van der Waals surface area contributed by atoms with Crippen LogP contribution in [0.5, 0.6) is 5.75 Å². The minimum absolute atomic E-state index is 0.0414. The first-order valence-electron chi connectivity index (χ1n) is 12.2. The summed E-state index contributed by atoms with van der Waals surface area (Å²) in [5, 5.41) is 25.8. The molecule has 2 N–H and O–H groups in total. The van der Waals surface area contributed by atoms with Gasteiger partial charge in [-0.15, -0.1) is 0 Å². The summed E-state index contributed by atoms with van der Waals surface area (Å²) < 4.78 is 3.69. The predicted octanol–water partition coefficient (Wildman–Crippen LogP) is 3.65. The zero-order chi connectivity index (χ0) is 25.6. The Morgan fingerprint density at radius 1 is 1.11 bits per heavy atom. The average Bonchev–Trinajstić information content (AvgIpc) is 3.25. The number of carbonyl (C=O) groups is 1. The van der Waals surface area contributed by atoms with Crippen LogP contribution in [0.4, 0.5) is 0 Å². The molecular weight excluding hydrogens is 456 g/mol. The molecule has 0 fully saturated rings. The fourth-order valence-corrected chi connectivity index (χ4v) is 5.34. The molecule has 4 aromatic rings. The smallest absolute Gasteiger partial charge is 0.276 e. The van der Waals surface area contributed by atoms with Gasteiger partial charge < -0.3 is 19.7 Å². The van der Waals surface area contributed by atoms with E-state index in [1.807, 2.05) is 50.2 Å². The Kier molecular flexibility index (Phi) is 6.14. The second-order valence-corrected chi connectivity index (χ2v) is 9.54. The van der Waals surface area contributed by atoms with Crippen LogP contribution in [0.25, 0.3) is 10.9 Å². The third kappa shape index (κ3) is 3.78. The van der Waals surface area contributed by atoms with E-state index in [1.54, 1.807) is 4.90 Å². The molecule has 8 nitrogen and oxygen atoms in total. The lowest BCUT2D eigenvalue weighted by atomic mass is 9.83. The maximum Gasteiger partial charge on any atom is 0.276 e. The van der Waals surface area contributed by atoms with Crippen molar-refractivity contribution in [3.8, 4) is 5.75 Å². The summed E-state index contributed by atoms with van der Waals surface area (Å²) in [6, 6.07) is 15.5. The number of benzene rings is 2. The molecule has 36 heavy (non-hydrogen) atoms. The van der Waals surface area contributed by atoms with Crippen LogP contribution in [0, 0.1) is 0 Å². The van der Waals surface area contributed by atoms with Gasteiger partial charge in [-0.2, -0.15) is 5.10 Å². The first-order chi connectivity index (χ1) is 17.3. The number of carbonyl (C=O) groups excluding carboxylic acids is 1. The van der Waals surface area contributed by atoms with Crippen molar-refractivity contribution in [1.82, 2.24) is 19.2 Å². The van der Waals surface area contributed by atoms with Gasteiger partial charge in [-0.1, -0.05) is 42.5 Å². The van der Waals surface area contributed by atoms with Crippen molar-refractivity contribution >= 4 is 16.8 Å². The summed E-state index contributed by atoms with van der Waals surface area (Å²) in [6.07, 6.45) is 3.21. The number of fused-ring (bicyclic) bond motifs is 2. The molecule has 0 bridgehead atoms. The highest BCUT2D eigenvalue weighted by atomic mass is 16.3. The van der Waals surface area contributed by atoms with E-state index in [4.69, 9.17) is 0 Å². The largest absolute Gasteiger partial charge is 0.502 e. The van der Waals surface area contributed by atoms with Crippen LogP contribution in [0.2, 0.25) is 0 Å². The highest BCUT2D eigenvalue weighted by Crippen LogP contribution is 2.43. The maximum absolute atomic E-state index is 13.3. The molecule has 186 valence electrons. The Balaban J connectivity index is 1.80. The molecule has 2 unspecified atom stereocenters. The first kappa shape index (κ1) is 23.8. The van der Waals surface area contributed by atoms with E-state index in [9.17, 15) is 19.8 Å². The average molecular weight is 487 g/mol. The predicted molar refractivity (Wildman–Crippen MR) is 137 cm³/mol. The topological polar surface area (TPSA) is 101 Å². The number of aliphatic hydroxyl groups excluding tert-OH is 1. The lowest BCUT2D eigenvalue weighted by Gasteiger charge is -2.40. The minimum atomic E-state index is -0.672. The van der Waals surface area contributed by atoms with Gasteiger partial charge >= 0.3 is 0 Å². The molecule has 1 aliphatic rings. The lowest BCUT2D eigenvalue weighted by Crippen LogP contribution is -2.49. The highest BCUT2D eigenvalue weighted by molar-refractivity contribution is 5.96. The van der Waals surface area contributed by atoms with Crippen LogP contribution in [0.3, 0.4) is 0 Å². The molecule has 1 amide bonds. The molecular formula is C28H30N4O4. The standard InChI is InChI=1S/C28H30N4O4/c1-4-30-14-21(20-11-10-18(16-33)12-22(20)30)25(19-8-6-5-7-9-19)23-15-31(17(2)3)28(36)26-27(35)24(34)13-29-32(23)26/h5-14,17,23,25,33,35H,4,15-16H2,1-3H3. The van der Waals surface area contributed by atoms with Crippen molar-refractivity contribution in [1.29, 1.82) is 0 Å². The summed E-state index contributed by atoms with van der Waals surface area (Å²) in [7, 11) is 0. The zero-order valence-electron chi connectivity index (χ0n) is 20.6. The SMILES string of the molecule is CCn1cc(C(c2ccccc2)C2CN(C(C)C)C(=O)c3c(O)c(=O)cnn32)c2ccc(CO)cc21. The summed E-state index contributed by atoms with van der Waals surface area (Å²) in [4.78, 5) is 27.3. The van der Waals surface area contributed by atoms with Crippen molar-refractivity contribution in [2.75, 3.05) is 6.54 Å². The van der Waals surface area contributed by atoms with Gasteiger partial charge in [-0.05, 0) is 43.5 Å². The van der Waals surface area contributed by atoms with Gasteiger partial charge in [0.2, 0.25) is 5.43 Å². The molecule has 5 rings (SSSR count). The fourth-order valence-electron chi connectivity index (χ4n) is 5.34. The van der Waals surface area contributed by atoms with Crippen molar-refractivity contribution in [3.05, 3.63) is 93.5 Å². The van der Waals surface area contributed by atoms with Gasteiger partial charge in [-0.25, -0.2) is 0 Å². The molecule has 0 saturated carbocycles. The van der Waals surface area contributed by atoms with E-state index in [-0.39, 0.29) is 30.3 Å². The normalized spacial score (nSPS) is 16.5. The zero-order valence-corrected chi connectivity index (χ0v) is 20.6. The van der Waals surface area contributed by atoms with Crippen molar-refractivity contribution < 1.29 is 15.0 Å². The molecule has 1 aliphatic heterocycles. The van der Waals surface area contributed by atoms with Gasteiger partial charge in [0, 0.05) is 42.1 Å². The van der Waals surface area contributed by atoms with Gasteiger partial charge in [-0.3, -0.25) is 14.3 Å². The number of amides is 1. The molecule has 0 aliphatic carbocycles. The number of nitrogens with zero attached hydrogens (tertiary/aromatic N) is 4. The molecule has 8 heteroatoms. The van der Waals surface area contributed by atoms with Crippen LogP contribution in [-0.4, -0.2) is 48.0 Å². The highest BCUT2D eigenvalue weighted by Gasteiger charge is 2.41. The minimum Gasteiger partial charge on any atom is -0.502 e. The van der Waals surface area contributed by atoms with E-state index in [2.05, 4.69) is 34.9 Å². The van der Waals surface area contributed by atoms with Crippen LogP contribution in [0.1, 0.15) is 59.9 Å². The summed E-state index contributed by atoms with van der Waals surface area (Å²) in [5.41, 5.74) is 3.19. The number of aliphatic hydroxyl groups is 1. The summed E-state index contributed by atoms with van der Waals surface area (Å²) in [5.74, 6) is -1.20. The second-order valence-electron chi connectivity index (χ2n) is 9.54. The van der Waals surface area contributed by atoms with E-state index in [0.29, 0.717) is 6.54 Å². The van der Waals surface area contributed by atoms with E-state index >= 15 is 0 Å². The quantitative estimate of drug-likeness (QED) is 0.433. The molecule has 2 aromatic heterocycles. The Morgan fingerprint density at radius 2 is 1.86 bits per heavy atom. The van der Waals surface area contributed by atoms with E-state index in [0.717, 1.165) is 40.3 Å². The molecule has 0 radical (unpaired) electrons. The Morgan fingerprint density at radius 3 is 2.53 bits per heavy atom. The number of hydrogen-bond acceptors (Lipinski definition) is 5. The number of aromatic hydroxyl groups is 1. The molecule has 2 atom stereocenters. The number of rotatable bonds is 6. The van der Waals surface area contributed by atoms with Gasteiger partial charge in [0.1, 0.15) is 0 Å². The molecule has 2 aromatic carbocycles. The van der Waals surface area contributed by atoms with Crippen LogP contribution in [-0.2, 0) is 13.2 Å². The number of aryl methyl sites for hydroxylation is 1. The van der Waals surface area contributed by atoms with Crippen molar-refractivity contribution in [3.63, 3.8) is 0 Å². The lowest BCUT2D eigenvalue weighted by molar-refractivity contribution is 0.0570. The van der Waals surface area contributed by atoms with Gasteiger partial charge in [0.05, 0.1) is 18.8 Å². The number of hydrogen-bond donors (Lipinski definition) is 2. The maximum atomic E-state index is 13.3. The summed E-state index contributed by atoms with van der Waals surface area (Å²) in [6.45, 7) is 6.99. The van der Waals surface area contributed by atoms with E-state index < -0.39 is 17.1 Å². The van der Waals surface area contributed by atoms with E-state index in [1.165, 1.54) is 4.68 Å². The van der Waals surface area contributed by atoms with Crippen molar-refractivity contribution in [2.24, 2.45) is 0 Å². The van der Waals surface area contributed by atoms with Crippen LogP contribution in [0.15, 0.2) is 65.7 Å². The van der Waals surface area contributed by atoms with Gasteiger partial charge in [0.25, 0.3) is 5.91 Å². The second kappa shape index (κ2) is 9.28. The summed E-state index contributed by atoms with van der Waals surface area (Å²) >= 11 is 0. The third-order valence-corrected chi connectivity index (χ3v) is 7.15. The monoisotopic (exact) mass is 486 g/mol. The number of aromatic nitrogens is 3. The van der Waals surface area contributed by atoms with Crippen LogP contribution >= 0.6 is 0 Å².